The van der Waals surface area contributed by atoms with Crippen molar-refractivity contribution in [3.63, 3.8) is 0 Å². The fourth-order valence-electron chi connectivity index (χ4n) is 1.52. The highest BCUT2D eigenvalue weighted by Crippen LogP contribution is 2.18. The van der Waals surface area contributed by atoms with Crippen LogP contribution >= 0.6 is 12.2 Å². The van der Waals surface area contributed by atoms with E-state index in [1.54, 1.807) is 18.6 Å². The van der Waals surface area contributed by atoms with Crippen LogP contribution in [-0.4, -0.2) is 19.8 Å². The highest BCUT2D eigenvalue weighted by atomic mass is 32.1. The van der Waals surface area contributed by atoms with E-state index in [-0.39, 0.29) is 0 Å². The van der Waals surface area contributed by atoms with Gasteiger partial charge in [0.2, 0.25) is 0 Å². The molecule has 88 valence electrons. The molecule has 0 saturated carbocycles. The fraction of sp³-hybridized carbons (Fsp3) is 0.250. The molecule has 0 aliphatic carbocycles. The Hall–Kier alpha value is -1.75. The molecule has 17 heavy (non-hydrogen) atoms. The molecule has 1 N–H and O–H groups in total. The second-order valence-corrected chi connectivity index (χ2v) is 4.16. The predicted molar refractivity (Wildman–Crippen MR) is 72.6 cm³/mol. The third kappa shape index (κ3) is 2.50. The molecule has 2 aromatic heterocycles. The summed E-state index contributed by atoms with van der Waals surface area (Å²) in [4.78, 5) is 4.81. The van der Waals surface area contributed by atoms with Crippen molar-refractivity contribution in [2.45, 2.75) is 20.3 Å². The molecule has 0 amide bonds. The van der Waals surface area contributed by atoms with Crippen LogP contribution in [0.1, 0.15) is 19.0 Å². The summed E-state index contributed by atoms with van der Waals surface area (Å²) in [6.45, 7) is 4.03. The largest absolute Gasteiger partial charge is 0.347 e. The summed E-state index contributed by atoms with van der Waals surface area (Å²) in [5, 5.41) is 7.52. The number of thiocarbonyl (C=S) groups is 1. The van der Waals surface area contributed by atoms with Gasteiger partial charge in [0.05, 0.1) is 28.3 Å². The van der Waals surface area contributed by atoms with Crippen molar-refractivity contribution in [1.29, 1.82) is 0 Å². The summed E-state index contributed by atoms with van der Waals surface area (Å²) < 4.78 is 1.86. The van der Waals surface area contributed by atoms with E-state index >= 15 is 0 Å². The first kappa shape index (κ1) is 11.7. The minimum absolute atomic E-state index is 0.822. The van der Waals surface area contributed by atoms with Crippen molar-refractivity contribution in [1.82, 2.24) is 14.8 Å². The van der Waals surface area contributed by atoms with Gasteiger partial charge in [-0.15, -0.1) is 0 Å². The number of nitrogens with zero attached hydrogens (tertiary/aromatic N) is 3. The molecule has 5 heteroatoms. The van der Waals surface area contributed by atoms with Gasteiger partial charge in [-0.05, 0) is 25.5 Å². The number of hydrogen-bond donors (Lipinski definition) is 1. The molecule has 0 unspecified atom stereocenters. The molecule has 2 rings (SSSR count). The summed E-state index contributed by atoms with van der Waals surface area (Å²) in [7, 11) is 0. The van der Waals surface area contributed by atoms with Gasteiger partial charge in [0.25, 0.3) is 0 Å². The Bertz CT molecular complexity index is 519. The number of nitrogens with one attached hydrogen (secondary N) is 1. The zero-order valence-electron chi connectivity index (χ0n) is 9.84. The van der Waals surface area contributed by atoms with Crippen molar-refractivity contribution >= 4 is 22.9 Å². The van der Waals surface area contributed by atoms with Crippen LogP contribution in [0.5, 0.6) is 0 Å². The molecule has 0 aliphatic rings. The van der Waals surface area contributed by atoms with E-state index in [1.165, 1.54) is 0 Å². The molecule has 0 aliphatic heterocycles. The van der Waals surface area contributed by atoms with Gasteiger partial charge in [0.15, 0.2) is 0 Å². The first-order valence-electron chi connectivity index (χ1n) is 5.47. The average molecular weight is 246 g/mol. The molecule has 2 aromatic rings. The quantitative estimate of drug-likeness (QED) is 0.846. The standard InChI is InChI=1S/C12H14N4S/c1-3-12(17)15-11-8-14-16(9(11)2)10-4-6-13-7-5-10/h4-8H,3H2,1-2H3,(H,15,17). The fourth-order valence-corrected chi connectivity index (χ4v) is 1.63. The van der Waals surface area contributed by atoms with Crippen molar-refractivity contribution in [3.05, 3.63) is 36.4 Å². The van der Waals surface area contributed by atoms with E-state index in [4.69, 9.17) is 12.2 Å². The molecular weight excluding hydrogens is 232 g/mol. The number of aromatic nitrogens is 3. The third-order valence-electron chi connectivity index (χ3n) is 2.51. The topological polar surface area (TPSA) is 42.7 Å². The Balaban J connectivity index is 2.30. The second kappa shape index (κ2) is 5.05. The molecule has 0 bridgehead atoms. The maximum atomic E-state index is 5.16. The number of anilines is 1. The summed E-state index contributed by atoms with van der Waals surface area (Å²) in [6, 6.07) is 3.84. The maximum Gasteiger partial charge on any atom is 0.0808 e. The molecule has 0 aromatic carbocycles. The molecule has 0 spiro atoms. The van der Waals surface area contributed by atoms with Crippen LogP contribution in [0.4, 0.5) is 5.69 Å². The van der Waals surface area contributed by atoms with Crippen molar-refractivity contribution in [2.24, 2.45) is 0 Å². The lowest BCUT2D eigenvalue weighted by Gasteiger charge is -2.06. The van der Waals surface area contributed by atoms with Gasteiger partial charge in [-0.2, -0.15) is 5.10 Å². The van der Waals surface area contributed by atoms with Gasteiger partial charge < -0.3 is 5.32 Å². The van der Waals surface area contributed by atoms with Crippen LogP contribution in [0, 0.1) is 6.92 Å². The van der Waals surface area contributed by atoms with E-state index in [1.807, 2.05) is 30.7 Å². The minimum Gasteiger partial charge on any atom is -0.347 e. The molecule has 0 saturated heterocycles. The summed E-state index contributed by atoms with van der Waals surface area (Å²) in [6.07, 6.45) is 6.12. The monoisotopic (exact) mass is 246 g/mol. The van der Waals surface area contributed by atoms with E-state index in [9.17, 15) is 0 Å². The predicted octanol–water partition coefficient (Wildman–Crippen LogP) is 2.73. The Morgan fingerprint density at radius 1 is 1.41 bits per heavy atom. The van der Waals surface area contributed by atoms with Gasteiger partial charge in [-0.3, -0.25) is 4.98 Å². The van der Waals surface area contributed by atoms with E-state index in [0.29, 0.717) is 0 Å². The van der Waals surface area contributed by atoms with Crippen LogP contribution < -0.4 is 5.32 Å². The van der Waals surface area contributed by atoms with Gasteiger partial charge in [0.1, 0.15) is 0 Å². The zero-order chi connectivity index (χ0) is 12.3. The highest BCUT2D eigenvalue weighted by molar-refractivity contribution is 7.80. The number of hydrogen-bond acceptors (Lipinski definition) is 3. The smallest absolute Gasteiger partial charge is 0.0808 e. The van der Waals surface area contributed by atoms with Gasteiger partial charge in [0, 0.05) is 12.4 Å². The van der Waals surface area contributed by atoms with Gasteiger partial charge in [-0.25, -0.2) is 4.68 Å². The average Bonchev–Trinajstić information content (AvgIpc) is 2.72. The van der Waals surface area contributed by atoms with Crippen LogP contribution in [0.3, 0.4) is 0 Å². The Morgan fingerprint density at radius 3 is 2.76 bits per heavy atom. The van der Waals surface area contributed by atoms with Crippen molar-refractivity contribution < 1.29 is 0 Å². The Labute approximate surface area is 106 Å². The van der Waals surface area contributed by atoms with E-state index in [0.717, 1.165) is 28.5 Å². The third-order valence-corrected chi connectivity index (χ3v) is 2.90. The molecular formula is C12H14N4S. The summed E-state index contributed by atoms with van der Waals surface area (Å²) in [5.74, 6) is 0. The maximum absolute atomic E-state index is 5.16. The van der Waals surface area contributed by atoms with Gasteiger partial charge in [-0.1, -0.05) is 19.1 Å². The number of pyridine rings is 1. The normalized spacial score (nSPS) is 10.2. The first-order valence-corrected chi connectivity index (χ1v) is 5.88. The Kier molecular flexibility index (Phi) is 3.49. The summed E-state index contributed by atoms with van der Waals surface area (Å²) >= 11 is 5.16. The van der Waals surface area contributed by atoms with Crippen molar-refractivity contribution in [2.75, 3.05) is 5.32 Å². The van der Waals surface area contributed by atoms with Crippen LogP contribution in [-0.2, 0) is 0 Å². The Morgan fingerprint density at radius 2 is 2.12 bits per heavy atom. The molecule has 0 fully saturated rings. The van der Waals surface area contributed by atoms with Crippen LogP contribution in [0.25, 0.3) is 5.69 Å². The lowest BCUT2D eigenvalue weighted by atomic mass is 10.3. The lowest BCUT2D eigenvalue weighted by molar-refractivity contribution is 0.845. The van der Waals surface area contributed by atoms with E-state index < -0.39 is 0 Å². The van der Waals surface area contributed by atoms with Crippen molar-refractivity contribution in [3.8, 4) is 5.69 Å². The van der Waals surface area contributed by atoms with Gasteiger partial charge >= 0.3 is 0 Å². The summed E-state index contributed by atoms with van der Waals surface area (Å²) in [5.41, 5.74) is 2.98. The molecule has 0 radical (unpaired) electrons. The zero-order valence-corrected chi connectivity index (χ0v) is 10.7. The van der Waals surface area contributed by atoms with Crippen LogP contribution in [0.2, 0.25) is 0 Å². The first-order chi connectivity index (χ1) is 8.22. The van der Waals surface area contributed by atoms with E-state index in [2.05, 4.69) is 15.4 Å². The lowest BCUT2D eigenvalue weighted by Crippen LogP contribution is -2.08. The SMILES string of the molecule is CCC(=S)Nc1cnn(-c2ccncc2)c1C. The second-order valence-electron chi connectivity index (χ2n) is 3.66. The molecule has 2 heterocycles. The number of rotatable bonds is 3. The minimum atomic E-state index is 0.822. The highest BCUT2D eigenvalue weighted by Gasteiger charge is 2.08. The van der Waals surface area contributed by atoms with Crippen LogP contribution in [0.15, 0.2) is 30.7 Å². The molecule has 0 atom stereocenters. The molecule has 4 nitrogen and oxygen atoms in total.